The van der Waals surface area contributed by atoms with Crippen LogP contribution in [0.2, 0.25) is 0 Å². The zero-order chi connectivity index (χ0) is 15.3. The monoisotopic (exact) mass is 331 g/mol. The van der Waals surface area contributed by atoms with Crippen molar-refractivity contribution < 1.29 is 18.0 Å². The van der Waals surface area contributed by atoms with E-state index in [0.29, 0.717) is 5.69 Å². The Hall–Kier alpha value is -1.47. The van der Waals surface area contributed by atoms with Gasteiger partial charge in [-0.25, -0.2) is 0 Å². The number of alkyl halides is 3. The highest BCUT2D eigenvalue weighted by Crippen LogP contribution is 2.29. The van der Waals surface area contributed by atoms with Crippen LogP contribution >= 0.6 is 23.1 Å². The van der Waals surface area contributed by atoms with E-state index in [1.807, 2.05) is 17.5 Å². The number of rotatable bonds is 5. The Labute approximate surface area is 128 Å². The fourth-order valence-corrected chi connectivity index (χ4v) is 3.25. The fraction of sp³-hybridized carbons (Fsp3) is 0.214. The summed E-state index contributed by atoms with van der Waals surface area (Å²) in [6.45, 7) is 0. The van der Waals surface area contributed by atoms with Crippen molar-refractivity contribution in [1.82, 2.24) is 0 Å². The third-order valence-electron chi connectivity index (χ3n) is 2.55. The van der Waals surface area contributed by atoms with Gasteiger partial charge in [0.2, 0.25) is 5.91 Å². The Balaban J connectivity index is 1.79. The quantitative estimate of drug-likeness (QED) is 0.865. The summed E-state index contributed by atoms with van der Waals surface area (Å²) in [5.41, 5.74) is -0.364. The molecule has 2 aromatic rings. The van der Waals surface area contributed by atoms with E-state index in [2.05, 4.69) is 5.32 Å². The maximum Gasteiger partial charge on any atom is 0.416 e. The Bertz CT molecular complexity index is 579. The van der Waals surface area contributed by atoms with Crippen LogP contribution in [-0.4, -0.2) is 11.7 Å². The average molecular weight is 331 g/mol. The van der Waals surface area contributed by atoms with Gasteiger partial charge < -0.3 is 5.32 Å². The molecule has 0 saturated carbocycles. The van der Waals surface area contributed by atoms with Crippen molar-refractivity contribution in [3.05, 3.63) is 52.2 Å². The number of carbonyl (C=O) groups excluding carboxylic acids is 1. The normalized spacial score (nSPS) is 11.4. The Morgan fingerprint density at radius 3 is 2.48 bits per heavy atom. The van der Waals surface area contributed by atoms with Crippen LogP contribution in [0.4, 0.5) is 18.9 Å². The van der Waals surface area contributed by atoms with Gasteiger partial charge >= 0.3 is 6.18 Å². The summed E-state index contributed by atoms with van der Waals surface area (Å²) in [5.74, 6) is 0.785. The second kappa shape index (κ2) is 7.00. The van der Waals surface area contributed by atoms with Gasteiger partial charge in [-0.3, -0.25) is 4.79 Å². The first-order valence-corrected chi connectivity index (χ1v) is 8.06. The van der Waals surface area contributed by atoms with E-state index in [9.17, 15) is 18.0 Å². The molecule has 1 amide bonds. The van der Waals surface area contributed by atoms with E-state index in [1.54, 1.807) is 11.3 Å². The van der Waals surface area contributed by atoms with Crippen molar-refractivity contribution >= 4 is 34.7 Å². The number of thiophene rings is 1. The van der Waals surface area contributed by atoms with Crippen LogP contribution in [0.15, 0.2) is 41.8 Å². The molecule has 0 unspecified atom stereocenters. The lowest BCUT2D eigenvalue weighted by molar-refractivity contribution is -0.137. The van der Waals surface area contributed by atoms with Gasteiger partial charge in [0.05, 0.1) is 11.3 Å². The van der Waals surface area contributed by atoms with E-state index in [0.717, 1.165) is 17.9 Å². The molecular weight excluding hydrogens is 319 g/mol. The number of carbonyl (C=O) groups is 1. The van der Waals surface area contributed by atoms with Gasteiger partial charge in [-0.15, -0.1) is 23.1 Å². The molecule has 2 rings (SSSR count). The molecule has 0 aliphatic rings. The molecule has 0 saturated heterocycles. The second-order valence-electron chi connectivity index (χ2n) is 4.20. The third-order valence-corrected chi connectivity index (χ3v) is 4.59. The number of anilines is 1. The summed E-state index contributed by atoms with van der Waals surface area (Å²) in [5, 5.41) is 4.55. The van der Waals surface area contributed by atoms with E-state index in [4.69, 9.17) is 0 Å². The number of benzene rings is 1. The number of amides is 1. The molecule has 0 aliphatic carbocycles. The molecule has 1 aromatic heterocycles. The summed E-state index contributed by atoms with van der Waals surface area (Å²) in [6.07, 6.45) is -4.36. The number of nitrogens with one attached hydrogen (secondary N) is 1. The predicted molar refractivity (Wildman–Crippen MR) is 80.6 cm³/mol. The zero-order valence-electron chi connectivity index (χ0n) is 10.8. The molecule has 0 radical (unpaired) electrons. The summed E-state index contributed by atoms with van der Waals surface area (Å²) in [7, 11) is 0. The molecule has 0 atom stereocenters. The van der Waals surface area contributed by atoms with E-state index >= 15 is 0 Å². The summed E-state index contributed by atoms with van der Waals surface area (Å²) >= 11 is 3.09. The van der Waals surface area contributed by atoms with Gasteiger partial charge in [0, 0.05) is 16.3 Å². The first kappa shape index (κ1) is 15.9. The van der Waals surface area contributed by atoms with Crippen molar-refractivity contribution in [1.29, 1.82) is 0 Å². The Morgan fingerprint density at radius 1 is 1.19 bits per heavy atom. The van der Waals surface area contributed by atoms with Gasteiger partial charge in [0.25, 0.3) is 0 Å². The van der Waals surface area contributed by atoms with Crippen molar-refractivity contribution in [3.63, 3.8) is 0 Å². The lowest BCUT2D eigenvalue weighted by Crippen LogP contribution is -2.14. The molecule has 0 spiro atoms. The molecule has 1 aromatic carbocycles. The number of hydrogen-bond donors (Lipinski definition) is 1. The minimum Gasteiger partial charge on any atom is -0.325 e. The Kier molecular flexibility index (Phi) is 5.30. The SMILES string of the molecule is O=C(CSCc1cccs1)Nc1ccc(C(F)(F)F)cc1. The van der Waals surface area contributed by atoms with Crippen molar-refractivity contribution in [2.45, 2.75) is 11.9 Å². The van der Waals surface area contributed by atoms with Gasteiger partial charge in [0.1, 0.15) is 0 Å². The van der Waals surface area contributed by atoms with Crippen LogP contribution in [0.25, 0.3) is 0 Å². The highest BCUT2D eigenvalue weighted by atomic mass is 32.2. The van der Waals surface area contributed by atoms with E-state index < -0.39 is 11.7 Å². The highest BCUT2D eigenvalue weighted by Gasteiger charge is 2.29. The summed E-state index contributed by atoms with van der Waals surface area (Å²) in [4.78, 5) is 12.9. The number of halogens is 3. The van der Waals surface area contributed by atoms with Crippen LogP contribution in [0.5, 0.6) is 0 Å². The molecule has 2 nitrogen and oxygen atoms in total. The molecule has 1 N–H and O–H groups in total. The van der Waals surface area contributed by atoms with Crippen molar-refractivity contribution in [2.75, 3.05) is 11.1 Å². The van der Waals surface area contributed by atoms with Gasteiger partial charge in [-0.05, 0) is 35.7 Å². The minimum absolute atomic E-state index is 0.226. The maximum atomic E-state index is 12.4. The van der Waals surface area contributed by atoms with Crippen LogP contribution in [0.3, 0.4) is 0 Å². The van der Waals surface area contributed by atoms with Crippen LogP contribution in [-0.2, 0) is 16.7 Å². The molecule has 7 heteroatoms. The van der Waals surface area contributed by atoms with Gasteiger partial charge in [-0.1, -0.05) is 6.07 Å². The predicted octanol–water partition coefficient (Wildman–Crippen LogP) is 4.64. The molecule has 0 aliphatic heterocycles. The smallest absolute Gasteiger partial charge is 0.325 e. The molecule has 1 heterocycles. The fourth-order valence-electron chi connectivity index (χ4n) is 1.58. The zero-order valence-corrected chi connectivity index (χ0v) is 12.4. The lowest BCUT2D eigenvalue weighted by Gasteiger charge is -2.08. The number of hydrogen-bond acceptors (Lipinski definition) is 3. The first-order valence-electron chi connectivity index (χ1n) is 6.02. The lowest BCUT2D eigenvalue weighted by atomic mass is 10.2. The van der Waals surface area contributed by atoms with Crippen molar-refractivity contribution in [3.8, 4) is 0 Å². The van der Waals surface area contributed by atoms with Crippen molar-refractivity contribution in [2.24, 2.45) is 0 Å². The topological polar surface area (TPSA) is 29.1 Å². The maximum absolute atomic E-state index is 12.4. The minimum atomic E-state index is -4.36. The largest absolute Gasteiger partial charge is 0.416 e. The molecule has 21 heavy (non-hydrogen) atoms. The Morgan fingerprint density at radius 2 is 1.90 bits per heavy atom. The summed E-state index contributed by atoms with van der Waals surface area (Å²) < 4.78 is 37.2. The molecule has 0 bridgehead atoms. The van der Waals surface area contributed by atoms with Crippen LogP contribution < -0.4 is 5.32 Å². The summed E-state index contributed by atoms with van der Waals surface area (Å²) in [6, 6.07) is 8.35. The molecule has 0 fully saturated rings. The highest BCUT2D eigenvalue weighted by molar-refractivity contribution is 7.99. The first-order chi connectivity index (χ1) is 9.95. The van der Waals surface area contributed by atoms with E-state index in [1.165, 1.54) is 28.8 Å². The standard InChI is InChI=1S/C14H12F3NOS2/c15-14(16,17)10-3-5-11(6-4-10)18-13(19)9-20-8-12-2-1-7-21-12/h1-7H,8-9H2,(H,18,19). The second-order valence-corrected chi connectivity index (χ2v) is 6.21. The van der Waals surface area contributed by atoms with Crippen LogP contribution in [0, 0.1) is 0 Å². The van der Waals surface area contributed by atoms with Gasteiger partial charge in [-0.2, -0.15) is 13.2 Å². The third kappa shape index (κ3) is 5.09. The molecular formula is C14H12F3NOS2. The van der Waals surface area contributed by atoms with E-state index in [-0.39, 0.29) is 11.7 Å². The molecule has 112 valence electrons. The average Bonchev–Trinajstić information content (AvgIpc) is 2.91. The van der Waals surface area contributed by atoms with Gasteiger partial charge in [0.15, 0.2) is 0 Å². The number of thioether (sulfide) groups is 1. The van der Waals surface area contributed by atoms with Crippen LogP contribution in [0.1, 0.15) is 10.4 Å².